The molecule has 3 aromatic rings. The zero-order chi connectivity index (χ0) is 16.6. The molecule has 5 nitrogen and oxygen atoms in total. The summed E-state index contributed by atoms with van der Waals surface area (Å²) in [5.74, 6) is -1.46. The highest BCUT2D eigenvalue weighted by molar-refractivity contribution is 5.93. The van der Waals surface area contributed by atoms with E-state index in [1.165, 1.54) is 22.8 Å². The number of rotatable bonds is 3. The number of aromatic nitrogens is 2. The second-order valence-corrected chi connectivity index (χ2v) is 5.23. The Labute approximate surface area is 130 Å². The first-order valence-corrected chi connectivity index (χ1v) is 6.94. The molecule has 0 unspecified atom stereocenters. The largest absolute Gasteiger partial charge is 0.478 e. The number of halogens is 1. The summed E-state index contributed by atoms with van der Waals surface area (Å²) < 4.78 is 14.4. The number of aryl methyl sites for hydroxylation is 1. The molecule has 0 spiro atoms. The summed E-state index contributed by atoms with van der Waals surface area (Å²) in [7, 11) is 0. The van der Waals surface area contributed by atoms with Gasteiger partial charge in [0.2, 0.25) is 0 Å². The third kappa shape index (κ3) is 2.83. The minimum atomic E-state index is -1.12. The van der Waals surface area contributed by atoms with E-state index in [-0.39, 0.29) is 28.9 Å². The van der Waals surface area contributed by atoms with Crippen LogP contribution in [0.4, 0.5) is 4.39 Å². The zero-order valence-electron chi connectivity index (χ0n) is 12.3. The van der Waals surface area contributed by atoms with Gasteiger partial charge in [0.25, 0.3) is 5.56 Å². The van der Waals surface area contributed by atoms with E-state index in [2.05, 4.69) is 4.98 Å². The van der Waals surface area contributed by atoms with Gasteiger partial charge in [-0.3, -0.25) is 9.78 Å². The van der Waals surface area contributed by atoms with E-state index >= 15 is 0 Å². The van der Waals surface area contributed by atoms with E-state index in [9.17, 15) is 14.0 Å². The number of hydrogen-bond donors (Lipinski definition) is 1. The van der Waals surface area contributed by atoms with Crippen molar-refractivity contribution in [1.82, 2.24) is 9.55 Å². The Kier molecular flexibility index (Phi) is 3.65. The van der Waals surface area contributed by atoms with Crippen LogP contribution in [0.1, 0.15) is 21.6 Å². The number of fused-ring (bicyclic) bond motifs is 1. The molecular weight excluding hydrogens is 299 g/mol. The first kappa shape index (κ1) is 14.9. The predicted molar refractivity (Wildman–Crippen MR) is 83.2 cm³/mol. The normalized spacial score (nSPS) is 10.9. The van der Waals surface area contributed by atoms with Crippen molar-refractivity contribution in [3.8, 4) is 0 Å². The van der Waals surface area contributed by atoms with Gasteiger partial charge in [0.05, 0.1) is 28.7 Å². The van der Waals surface area contributed by atoms with Crippen LogP contribution >= 0.6 is 0 Å². The van der Waals surface area contributed by atoms with Crippen molar-refractivity contribution >= 4 is 16.9 Å². The maximum Gasteiger partial charge on any atom is 0.337 e. The molecule has 0 radical (unpaired) electrons. The lowest BCUT2D eigenvalue weighted by molar-refractivity contribution is 0.0696. The first-order chi connectivity index (χ1) is 11.0. The SMILES string of the molecule is Cc1nc2ccn(Cc3ccc(F)cc3)c(=O)c2cc1C(=O)O. The van der Waals surface area contributed by atoms with E-state index in [1.54, 1.807) is 31.3 Å². The summed E-state index contributed by atoms with van der Waals surface area (Å²) in [6.45, 7) is 1.86. The molecule has 0 bridgehead atoms. The smallest absolute Gasteiger partial charge is 0.337 e. The Hall–Kier alpha value is -3.02. The predicted octanol–water partition coefficient (Wildman–Crippen LogP) is 2.59. The van der Waals surface area contributed by atoms with Gasteiger partial charge in [-0.1, -0.05) is 12.1 Å². The van der Waals surface area contributed by atoms with Crippen molar-refractivity contribution in [2.45, 2.75) is 13.5 Å². The number of nitrogens with zero attached hydrogens (tertiary/aromatic N) is 2. The number of carboxylic acids is 1. The van der Waals surface area contributed by atoms with Crippen LogP contribution in [-0.4, -0.2) is 20.6 Å². The van der Waals surface area contributed by atoms with Gasteiger partial charge in [0.15, 0.2) is 0 Å². The molecule has 2 aromatic heterocycles. The Morgan fingerprint density at radius 3 is 2.61 bits per heavy atom. The monoisotopic (exact) mass is 312 g/mol. The number of benzene rings is 1. The molecule has 0 saturated heterocycles. The third-order valence-corrected chi connectivity index (χ3v) is 3.64. The molecule has 23 heavy (non-hydrogen) atoms. The fourth-order valence-electron chi connectivity index (χ4n) is 2.43. The summed E-state index contributed by atoms with van der Waals surface area (Å²) in [5, 5.41) is 9.41. The number of carbonyl (C=O) groups is 1. The van der Waals surface area contributed by atoms with E-state index < -0.39 is 5.97 Å². The standard InChI is InChI=1S/C17H13FN2O3/c1-10-13(17(22)23)8-14-15(19-10)6-7-20(16(14)21)9-11-2-4-12(18)5-3-11/h2-8H,9H2,1H3,(H,22,23). The van der Waals surface area contributed by atoms with Crippen LogP contribution in [0.25, 0.3) is 10.9 Å². The summed E-state index contributed by atoms with van der Waals surface area (Å²) in [6, 6.07) is 8.87. The van der Waals surface area contributed by atoms with Crippen LogP contribution in [0.3, 0.4) is 0 Å². The van der Waals surface area contributed by atoms with Crippen LogP contribution in [-0.2, 0) is 6.54 Å². The molecule has 0 saturated carbocycles. The van der Waals surface area contributed by atoms with Crippen molar-refractivity contribution < 1.29 is 14.3 Å². The maximum atomic E-state index is 12.9. The van der Waals surface area contributed by atoms with E-state index in [0.717, 1.165) is 5.56 Å². The van der Waals surface area contributed by atoms with Gasteiger partial charge in [0, 0.05) is 6.20 Å². The van der Waals surface area contributed by atoms with Gasteiger partial charge < -0.3 is 9.67 Å². The highest BCUT2D eigenvalue weighted by atomic mass is 19.1. The van der Waals surface area contributed by atoms with Gasteiger partial charge in [-0.2, -0.15) is 0 Å². The maximum absolute atomic E-state index is 12.9. The molecule has 0 aliphatic rings. The fraction of sp³-hybridized carbons (Fsp3) is 0.118. The molecule has 0 aliphatic carbocycles. The van der Waals surface area contributed by atoms with Gasteiger partial charge in [0.1, 0.15) is 5.82 Å². The molecule has 2 heterocycles. The highest BCUT2D eigenvalue weighted by Crippen LogP contribution is 2.14. The second kappa shape index (κ2) is 5.64. The lowest BCUT2D eigenvalue weighted by Gasteiger charge is -2.09. The first-order valence-electron chi connectivity index (χ1n) is 6.94. The molecule has 0 aliphatic heterocycles. The quantitative estimate of drug-likeness (QED) is 0.807. The zero-order valence-corrected chi connectivity index (χ0v) is 12.3. The molecule has 6 heteroatoms. The average molecular weight is 312 g/mol. The Bertz CT molecular complexity index is 962. The van der Waals surface area contributed by atoms with Gasteiger partial charge >= 0.3 is 5.97 Å². The topological polar surface area (TPSA) is 72.2 Å². The molecule has 116 valence electrons. The summed E-state index contributed by atoms with van der Waals surface area (Å²) >= 11 is 0. The highest BCUT2D eigenvalue weighted by Gasteiger charge is 2.13. The Morgan fingerprint density at radius 1 is 1.26 bits per heavy atom. The van der Waals surface area contributed by atoms with E-state index in [4.69, 9.17) is 5.11 Å². The number of pyridine rings is 2. The molecule has 0 amide bonds. The van der Waals surface area contributed by atoms with E-state index in [1.807, 2.05) is 0 Å². The Balaban J connectivity index is 2.10. The second-order valence-electron chi connectivity index (χ2n) is 5.23. The van der Waals surface area contributed by atoms with Crippen molar-refractivity contribution in [3.63, 3.8) is 0 Å². The number of hydrogen-bond acceptors (Lipinski definition) is 3. The van der Waals surface area contributed by atoms with Crippen molar-refractivity contribution in [1.29, 1.82) is 0 Å². The van der Waals surface area contributed by atoms with Gasteiger partial charge in [-0.05, 0) is 36.8 Å². The number of aromatic carboxylic acids is 1. The molecular formula is C17H13FN2O3. The van der Waals surface area contributed by atoms with Crippen LogP contribution in [0.5, 0.6) is 0 Å². The van der Waals surface area contributed by atoms with Crippen LogP contribution in [0.2, 0.25) is 0 Å². The summed E-state index contributed by atoms with van der Waals surface area (Å²) in [6.07, 6.45) is 1.60. The summed E-state index contributed by atoms with van der Waals surface area (Å²) in [5.41, 5.74) is 1.26. The van der Waals surface area contributed by atoms with Crippen molar-refractivity contribution in [2.75, 3.05) is 0 Å². The number of carboxylic acid groups (broad SMARTS) is 1. The molecule has 3 rings (SSSR count). The molecule has 1 N–H and O–H groups in total. The van der Waals surface area contributed by atoms with Crippen LogP contribution in [0, 0.1) is 12.7 Å². The molecule has 0 atom stereocenters. The lowest BCUT2D eigenvalue weighted by Crippen LogP contribution is -2.21. The van der Waals surface area contributed by atoms with Crippen molar-refractivity contribution in [2.24, 2.45) is 0 Å². The van der Waals surface area contributed by atoms with Crippen molar-refractivity contribution in [3.05, 3.63) is 75.6 Å². The molecule has 1 aromatic carbocycles. The molecule has 0 fully saturated rings. The summed E-state index contributed by atoms with van der Waals surface area (Å²) in [4.78, 5) is 27.9. The van der Waals surface area contributed by atoms with Gasteiger partial charge in [-0.25, -0.2) is 9.18 Å². The minimum absolute atomic E-state index is 0.00846. The lowest BCUT2D eigenvalue weighted by atomic mass is 10.1. The Morgan fingerprint density at radius 2 is 1.96 bits per heavy atom. The average Bonchev–Trinajstić information content (AvgIpc) is 2.51. The third-order valence-electron chi connectivity index (χ3n) is 3.64. The van der Waals surface area contributed by atoms with Crippen LogP contribution < -0.4 is 5.56 Å². The van der Waals surface area contributed by atoms with Crippen LogP contribution in [0.15, 0.2) is 47.4 Å². The minimum Gasteiger partial charge on any atom is -0.478 e. The fourth-order valence-corrected chi connectivity index (χ4v) is 2.43. The van der Waals surface area contributed by atoms with E-state index in [0.29, 0.717) is 11.2 Å². The van der Waals surface area contributed by atoms with Gasteiger partial charge in [-0.15, -0.1) is 0 Å².